The van der Waals surface area contributed by atoms with E-state index in [-0.39, 0.29) is 54.4 Å². The van der Waals surface area contributed by atoms with Crippen molar-refractivity contribution in [3.63, 3.8) is 0 Å². The Labute approximate surface area is 224 Å². The van der Waals surface area contributed by atoms with E-state index in [2.05, 4.69) is 17.4 Å². The first-order valence-corrected chi connectivity index (χ1v) is 12.2. The highest BCUT2D eigenvalue weighted by Crippen LogP contribution is 2.29. The van der Waals surface area contributed by atoms with Gasteiger partial charge >= 0.3 is 5.97 Å². The van der Waals surface area contributed by atoms with E-state index < -0.39 is 0 Å². The van der Waals surface area contributed by atoms with Crippen molar-refractivity contribution in [3.05, 3.63) is 77.4 Å². The maximum absolute atomic E-state index is 13.0. The third-order valence-corrected chi connectivity index (χ3v) is 6.40. The number of nitrogen functional groups attached to an aromatic ring is 1. The van der Waals surface area contributed by atoms with Crippen LogP contribution < -0.4 is 11.1 Å². The van der Waals surface area contributed by atoms with Gasteiger partial charge in [-0.3, -0.25) is 19.8 Å². The first kappa shape index (κ1) is 29.6. The summed E-state index contributed by atoms with van der Waals surface area (Å²) in [6.45, 7) is 1.03. The van der Waals surface area contributed by atoms with Gasteiger partial charge in [-0.25, -0.2) is 0 Å². The fourth-order valence-corrected chi connectivity index (χ4v) is 4.46. The van der Waals surface area contributed by atoms with Gasteiger partial charge in [0, 0.05) is 30.8 Å². The molecule has 37 heavy (non-hydrogen) atoms. The smallest absolute Gasteiger partial charge is 0.306 e. The number of likely N-dealkylation sites (tertiary alicyclic amines) is 1. The van der Waals surface area contributed by atoms with Crippen LogP contribution in [-0.4, -0.2) is 54.8 Å². The lowest BCUT2D eigenvalue weighted by Gasteiger charge is -2.25. The average Bonchev–Trinajstić information content (AvgIpc) is 3.17. The van der Waals surface area contributed by atoms with Crippen molar-refractivity contribution in [1.29, 1.82) is 5.41 Å². The van der Waals surface area contributed by atoms with Crippen molar-refractivity contribution in [2.24, 2.45) is 11.7 Å². The number of hydrogen-bond donors (Lipinski definition) is 3. The minimum atomic E-state index is -0.382. The van der Waals surface area contributed by atoms with Crippen LogP contribution in [0.4, 0.5) is 0 Å². The van der Waals surface area contributed by atoms with Gasteiger partial charge in [0.25, 0.3) is 0 Å². The molecule has 0 spiro atoms. The summed E-state index contributed by atoms with van der Waals surface area (Å²) in [6, 6.07) is 17.1. The number of aryl methyl sites for hydroxylation is 1. The van der Waals surface area contributed by atoms with E-state index in [9.17, 15) is 14.4 Å². The fraction of sp³-hybridized carbons (Fsp3) is 0.357. The summed E-state index contributed by atoms with van der Waals surface area (Å²) in [6.07, 6.45) is 6.12. The number of amidine groups is 1. The van der Waals surface area contributed by atoms with Crippen LogP contribution in [0.15, 0.2) is 60.7 Å². The predicted octanol–water partition coefficient (Wildman–Crippen LogP) is 3.32. The molecule has 2 aromatic carbocycles. The Kier molecular flexibility index (Phi) is 11.8. The van der Waals surface area contributed by atoms with Crippen molar-refractivity contribution in [2.45, 2.75) is 38.1 Å². The number of carbonyl (C=O) groups is 3. The molecule has 1 aliphatic rings. The summed E-state index contributed by atoms with van der Waals surface area (Å²) in [5.74, 6) is -1.01. The molecule has 2 amide bonds. The van der Waals surface area contributed by atoms with E-state index in [1.807, 2.05) is 23.1 Å². The number of carbonyl (C=O) groups excluding carboxylic acids is 3. The van der Waals surface area contributed by atoms with E-state index in [0.717, 1.165) is 18.4 Å². The summed E-state index contributed by atoms with van der Waals surface area (Å²) in [5.41, 5.74) is 8.13. The van der Waals surface area contributed by atoms with E-state index in [4.69, 9.17) is 15.9 Å². The number of amides is 2. The normalized spacial score (nSPS) is 16.9. The van der Waals surface area contributed by atoms with Crippen LogP contribution in [-0.2, 0) is 25.5 Å². The Balaban J connectivity index is 0.00000481. The fourth-order valence-electron chi connectivity index (χ4n) is 4.46. The summed E-state index contributed by atoms with van der Waals surface area (Å²) in [5, 5.41) is 10.3. The zero-order chi connectivity index (χ0) is 25.9. The first-order chi connectivity index (χ1) is 17.4. The topological polar surface area (TPSA) is 126 Å². The predicted molar refractivity (Wildman–Crippen MR) is 146 cm³/mol. The number of hydrogen-bond acceptors (Lipinski definition) is 5. The molecule has 0 unspecified atom stereocenters. The van der Waals surface area contributed by atoms with Gasteiger partial charge in [-0.2, -0.15) is 0 Å². The third kappa shape index (κ3) is 9.06. The molecular weight excluding hydrogens is 492 g/mol. The molecule has 0 aliphatic carbocycles. The molecule has 1 aliphatic heterocycles. The highest BCUT2D eigenvalue weighted by Gasteiger charge is 2.39. The van der Waals surface area contributed by atoms with Crippen LogP contribution >= 0.6 is 12.4 Å². The Morgan fingerprint density at radius 2 is 1.86 bits per heavy atom. The van der Waals surface area contributed by atoms with Crippen LogP contribution in [0.5, 0.6) is 0 Å². The highest BCUT2D eigenvalue weighted by molar-refractivity contribution is 5.95. The molecule has 3 rings (SSSR count). The van der Waals surface area contributed by atoms with Gasteiger partial charge in [-0.15, -0.1) is 12.4 Å². The van der Waals surface area contributed by atoms with Crippen molar-refractivity contribution < 1.29 is 19.1 Å². The largest absolute Gasteiger partial charge is 0.469 e. The molecule has 1 heterocycles. The maximum atomic E-state index is 13.0. The molecule has 0 saturated carbocycles. The van der Waals surface area contributed by atoms with Gasteiger partial charge < -0.3 is 20.7 Å². The van der Waals surface area contributed by atoms with E-state index in [1.54, 1.807) is 30.3 Å². The maximum Gasteiger partial charge on any atom is 0.306 e. The SMILES string of the molecule is COC(=O)C[C@@H]1C[C@@H](CCNC(=O)C=Cc2ccc(C(=N)N)cc2)N(CCCc2ccccc2)C1=O.Cl. The van der Waals surface area contributed by atoms with Crippen molar-refractivity contribution in [2.75, 3.05) is 20.2 Å². The van der Waals surface area contributed by atoms with Gasteiger partial charge in [0.15, 0.2) is 0 Å². The van der Waals surface area contributed by atoms with Crippen LogP contribution in [0.3, 0.4) is 0 Å². The second-order valence-electron chi connectivity index (χ2n) is 8.94. The number of methoxy groups -OCH3 is 1. The lowest BCUT2D eigenvalue weighted by Crippen LogP contribution is -2.37. The summed E-state index contributed by atoms with van der Waals surface area (Å²) < 4.78 is 4.77. The Bertz CT molecular complexity index is 1090. The lowest BCUT2D eigenvalue weighted by atomic mass is 10.00. The summed E-state index contributed by atoms with van der Waals surface area (Å²) in [7, 11) is 1.33. The number of nitrogens with one attached hydrogen (secondary N) is 2. The minimum absolute atomic E-state index is 0. The molecule has 198 valence electrons. The zero-order valence-electron chi connectivity index (χ0n) is 21.0. The Hall–Kier alpha value is -3.65. The number of rotatable bonds is 12. The van der Waals surface area contributed by atoms with Crippen LogP contribution in [0, 0.1) is 11.3 Å². The minimum Gasteiger partial charge on any atom is -0.469 e. The average molecular weight is 527 g/mol. The van der Waals surface area contributed by atoms with E-state index in [1.165, 1.54) is 18.7 Å². The summed E-state index contributed by atoms with van der Waals surface area (Å²) in [4.78, 5) is 39.0. The number of ether oxygens (including phenoxy) is 1. The molecule has 0 aromatic heterocycles. The Morgan fingerprint density at radius 1 is 1.16 bits per heavy atom. The van der Waals surface area contributed by atoms with Crippen LogP contribution in [0.25, 0.3) is 6.08 Å². The van der Waals surface area contributed by atoms with E-state index >= 15 is 0 Å². The van der Waals surface area contributed by atoms with Gasteiger partial charge in [0.2, 0.25) is 11.8 Å². The highest BCUT2D eigenvalue weighted by atomic mass is 35.5. The number of esters is 1. The molecule has 2 aromatic rings. The van der Waals surface area contributed by atoms with Crippen molar-refractivity contribution in [3.8, 4) is 0 Å². The number of halogens is 1. The Morgan fingerprint density at radius 3 is 2.51 bits per heavy atom. The lowest BCUT2D eigenvalue weighted by molar-refractivity contribution is -0.144. The second-order valence-corrected chi connectivity index (χ2v) is 8.94. The molecule has 0 bridgehead atoms. The molecular formula is C28H35ClN4O4. The standard InChI is InChI=1S/C28H34N4O4.ClH/c1-36-26(34)19-23-18-24(32(28(23)35)17-5-8-20-6-3-2-4-7-20)15-16-31-25(33)14-11-21-9-12-22(13-10-21)27(29)30;/h2-4,6-7,9-14,23-24H,5,8,15-19H2,1H3,(H3,29,30)(H,31,33);1H/t23-,24+;/m0./s1. The van der Waals surface area contributed by atoms with Crippen LogP contribution in [0.1, 0.15) is 42.4 Å². The zero-order valence-corrected chi connectivity index (χ0v) is 21.8. The number of nitrogens with two attached hydrogens (primary N) is 1. The number of benzene rings is 2. The monoisotopic (exact) mass is 526 g/mol. The molecule has 8 nitrogen and oxygen atoms in total. The van der Waals surface area contributed by atoms with Gasteiger partial charge in [-0.1, -0.05) is 54.6 Å². The first-order valence-electron chi connectivity index (χ1n) is 12.2. The summed E-state index contributed by atoms with van der Waals surface area (Å²) >= 11 is 0. The molecule has 1 fully saturated rings. The number of nitrogens with zero attached hydrogens (tertiary/aromatic N) is 1. The van der Waals surface area contributed by atoms with Gasteiger partial charge in [0.05, 0.1) is 19.4 Å². The third-order valence-electron chi connectivity index (χ3n) is 6.40. The van der Waals surface area contributed by atoms with Gasteiger partial charge in [-0.05, 0) is 42.9 Å². The molecule has 4 N–H and O–H groups in total. The van der Waals surface area contributed by atoms with E-state index in [0.29, 0.717) is 31.5 Å². The molecule has 9 heteroatoms. The van der Waals surface area contributed by atoms with Crippen LogP contribution in [0.2, 0.25) is 0 Å². The van der Waals surface area contributed by atoms with Crippen molar-refractivity contribution in [1.82, 2.24) is 10.2 Å². The second kappa shape index (κ2) is 14.8. The van der Waals surface area contributed by atoms with Gasteiger partial charge in [0.1, 0.15) is 5.84 Å². The van der Waals surface area contributed by atoms with Crippen molar-refractivity contribution >= 4 is 42.1 Å². The quantitative estimate of drug-likeness (QED) is 0.169. The molecule has 2 atom stereocenters. The molecule has 1 saturated heterocycles. The molecule has 0 radical (unpaired) electrons.